The Bertz CT molecular complexity index is 546. The summed E-state index contributed by atoms with van der Waals surface area (Å²) in [5.74, 6) is 0.945. The topological polar surface area (TPSA) is 25.8 Å². The minimum absolute atomic E-state index is 0.898. The van der Waals surface area contributed by atoms with Crippen molar-refractivity contribution in [3.8, 4) is 11.3 Å². The lowest BCUT2D eigenvalue weighted by Crippen LogP contribution is -1.99. The second-order valence-corrected chi connectivity index (χ2v) is 4.52. The fourth-order valence-electron chi connectivity index (χ4n) is 2.47. The van der Waals surface area contributed by atoms with E-state index in [2.05, 4.69) is 36.2 Å². The van der Waals surface area contributed by atoms with Crippen LogP contribution >= 0.6 is 0 Å². The zero-order valence-corrected chi connectivity index (χ0v) is 10.1. The van der Waals surface area contributed by atoms with E-state index in [-0.39, 0.29) is 0 Å². The van der Waals surface area contributed by atoms with E-state index in [1.165, 1.54) is 23.1 Å². The van der Waals surface area contributed by atoms with Gasteiger partial charge in [-0.3, -0.25) is 0 Å². The Morgan fingerprint density at radius 1 is 1.12 bits per heavy atom. The summed E-state index contributed by atoms with van der Waals surface area (Å²) in [6.07, 6.45) is 6.35. The molecule has 1 aromatic heterocycles. The summed E-state index contributed by atoms with van der Waals surface area (Å²) in [4.78, 5) is 9.14. The molecular weight excluding hydrogens is 208 g/mol. The molecule has 0 fully saturated rings. The van der Waals surface area contributed by atoms with E-state index >= 15 is 0 Å². The number of rotatable bonds is 1. The minimum Gasteiger partial charge on any atom is -0.241 e. The molecule has 3 rings (SSSR count). The molecule has 86 valence electrons. The molecule has 1 aliphatic carbocycles. The van der Waals surface area contributed by atoms with Gasteiger partial charge in [0.15, 0.2) is 0 Å². The molecule has 2 heteroatoms. The summed E-state index contributed by atoms with van der Waals surface area (Å²) in [7, 11) is 0. The van der Waals surface area contributed by atoms with Crippen molar-refractivity contribution in [3.05, 3.63) is 47.4 Å². The summed E-state index contributed by atoms with van der Waals surface area (Å²) >= 11 is 0. The first-order valence-corrected chi connectivity index (χ1v) is 6.31. The number of aromatic nitrogens is 2. The normalized spacial score (nSPS) is 13.7. The van der Waals surface area contributed by atoms with Gasteiger partial charge in [-0.25, -0.2) is 9.97 Å². The zero-order valence-electron chi connectivity index (χ0n) is 10.1. The van der Waals surface area contributed by atoms with Crippen molar-refractivity contribution in [2.24, 2.45) is 0 Å². The van der Waals surface area contributed by atoms with Gasteiger partial charge in [-0.05, 0) is 30.4 Å². The van der Waals surface area contributed by atoms with Crippen molar-refractivity contribution in [1.82, 2.24) is 9.97 Å². The fourth-order valence-corrected chi connectivity index (χ4v) is 2.47. The predicted octanol–water partition coefficient (Wildman–Crippen LogP) is 3.19. The van der Waals surface area contributed by atoms with Gasteiger partial charge in [0.1, 0.15) is 5.82 Å². The Morgan fingerprint density at radius 2 is 1.94 bits per heavy atom. The first kappa shape index (κ1) is 10.5. The molecule has 1 heterocycles. The summed E-state index contributed by atoms with van der Waals surface area (Å²) in [5.41, 5.74) is 5.18. The first-order valence-electron chi connectivity index (χ1n) is 6.31. The molecule has 2 nitrogen and oxygen atoms in total. The van der Waals surface area contributed by atoms with E-state index in [1.54, 1.807) is 0 Å². The second kappa shape index (κ2) is 4.28. The van der Waals surface area contributed by atoms with Crippen molar-refractivity contribution in [3.63, 3.8) is 0 Å². The molecule has 0 amide bonds. The van der Waals surface area contributed by atoms with Crippen LogP contribution in [0.2, 0.25) is 0 Å². The molecule has 0 saturated carbocycles. The molecule has 2 aromatic rings. The summed E-state index contributed by atoms with van der Waals surface area (Å²) in [6.45, 7) is 2.10. The van der Waals surface area contributed by atoms with Crippen molar-refractivity contribution >= 4 is 0 Å². The fraction of sp³-hybridized carbons (Fsp3) is 0.333. The van der Waals surface area contributed by atoms with Gasteiger partial charge < -0.3 is 0 Å². The van der Waals surface area contributed by atoms with E-state index in [1.807, 2.05) is 6.20 Å². The molecular formula is C15H16N2. The highest BCUT2D eigenvalue weighted by molar-refractivity contribution is 5.67. The summed E-state index contributed by atoms with van der Waals surface area (Å²) in [6, 6.07) is 8.62. The summed E-state index contributed by atoms with van der Waals surface area (Å²) < 4.78 is 0. The Labute approximate surface area is 102 Å². The Hall–Kier alpha value is -1.70. The Morgan fingerprint density at radius 3 is 2.82 bits per heavy atom. The van der Waals surface area contributed by atoms with Crippen molar-refractivity contribution < 1.29 is 0 Å². The maximum absolute atomic E-state index is 4.72. The highest BCUT2D eigenvalue weighted by Gasteiger charge is 2.15. The molecule has 1 aromatic carbocycles. The largest absolute Gasteiger partial charge is 0.241 e. The smallest absolute Gasteiger partial charge is 0.128 e. The first-order chi connectivity index (χ1) is 8.38. The van der Waals surface area contributed by atoms with Gasteiger partial charge in [-0.1, -0.05) is 31.2 Å². The van der Waals surface area contributed by atoms with Crippen LogP contribution in [0.25, 0.3) is 11.3 Å². The molecule has 0 saturated heterocycles. The average Bonchev–Trinajstić information content (AvgIpc) is 2.57. The van der Waals surface area contributed by atoms with Crippen LogP contribution in [0, 0.1) is 0 Å². The molecule has 17 heavy (non-hydrogen) atoms. The van der Waals surface area contributed by atoms with Crippen LogP contribution in [0.1, 0.15) is 30.3 Å². The number of hydrogen-bond acceptors (Lipinski definition) is 2. The van der Waals surface area contributed by atoms with E-state index in [0.29, 0.717) is 0 Å². The van der Waals surface area contributed by atoms with Crippen LogP contribution in [0.3, 0.4) is 0 Å². The number of hydrogen-bond donors (Lipinski definition) is 0. The maximum Gasteiger partial charge on any atom is 0.128 e. The van der Waals surface area contributed by atoms with Crippen LogP contribution in [-0.4, -0.2) is 9.97 Å². The van der Waals surface area contributed by atoms with Crippen molar-refractivity contribution in [1.29, 1.82) is 0 Å². The van der Waals surface area contributed by atoms with E-state index in [9.17, 15) is 0 Å². The lowest BCUT2D eigenvalue weighted by Gasteiger charge is -2.08. The molecule has 1 aliphatic rings. The highest BCUT2D eigenvalue weighted by Crippen LogP contribution is 2.30. The van der Waals surface area contributed by atoms with Crippen LogP contribution in [0.4, 0.5) is 0 Å². The maximum atomic E-state index is 4.72. The number of nitrogens with zero attached hydrogens (tertiary/aromatic N) is 2. The average molecular weight is 224 g/mol. The van der Waals surface area contributed by atoms with Gasteiger partial charge in [0.05, 0.1) is 5.69 Å². The quantitative estimate of drug-likeness (QED) is 0.743. The van der Waals surface area contributed by atoms with Crippen LogP contribution in [0.15, 0.2) is 30.5 Å². The molecule has 0 aliphatic heterocycles. The zero-order chi connectivity index (χ0) is 11.7. The molecule has 0 unspecified atom stereocenters. The number of fused-ring (bicyclic) bond motifs is 3. The lowest BCUT2D eigenvalue weighted by molar-refractivity contribution is 0.822. The predicted molar refractivity (Wildman–Crippen MR) is 68.9 cm³/mol. The lowest BCUT2D eigenvalue weighted by atomic mass is 10.0. The van der Waals surface area contributed by atoms with Crippen LogP contribution in [0.5, 0.6) is 0 Å². The van der Waals surface area contributed by atoms with Gasteiger partial charge in [0, 0.05) is 18.2 Å². The summed E-state index contributed by atoms with van der Waals surface area (Å²) in [5, 5.41) is 0. The van der Waals surface area contributed by atoms with E-state index in [4.69, 9.17) is 4.98 Å². The van der Waals surface area contributed by atoms with Crippen LogP contribution < -0.4 is 0 Å². The van der Waals surface area contributed by atoms with Gasteiger partial charge in [-0.2, -0.15) is 0 Å². The van der Waals surface area contributed by atoms with Gasteiger partial charge in [0.25, 0.3) is 0 Å². The Kier molecular flexibility index (Phi) is 2.63. The SMILES string of the molecule is CCc1ncc2c(n1)-c1ccccc1CCC2. The second-order valence-electron chi connectivity index (χ2n) is 4.52. The third-order valence-corrected chi connectivity index (χ3v) is 3.40. The molecule has 0 radical (unpaired) electrons. The minimum atomic E-state index is 0.898. The van der Waals surface area contributed by atoms with E-state index < -0.39 is 0 Å². The van der Waals surface area contributed by atoms with Crippen molar-refractivity contribution in [2.75, 3.05) is 0 Å². The van der Waals surface area contributed by atoms with Gasteiger partial charge in [0.2, 0.25) is 0 Å². The standard InChI is InChI=1S/C15H16N2/c1-2-14-16-10-12-8-5-7-11-6-3-4-9-13(11)15(12)17-14/h3-4,6,9-10H,2,5,7-8H2,1H3. The van der Waals surface area contributed by atoms with Gasteiger partial charge in [-0.15, -0.1) is 0 Å². The molecule has 0 atom stereocenters. The van der Waals surface area contributed by atoms with E-state index in [0.717, 1.165) is 30.8 Å². The Balaban J connectivity index is 2.23. The molecule has 0 spiro atoms. The number of benzene rings is 1. The monoisotopic (exact) mass is 224 g/mol. The van der Waals surface area contributed by atoms with Gasteiger partial charge >= 0.3 is 0 Å². The molecule has 0 N–H and O–H groups in total. The highest BCUT2D eigenvalue weighted by atomic mass is 14.9. The third kappa shape index (κ3) is 1.84. The van der Waals surface area contributed by atoms with Crippen LogP contribution in [-0.2, 0) is 19.3 Å². The third-order valence-electron chi connectivity index (χ3n) is 3.40. The van der Waals surface area contributed by atoms with Crippen molar-refractivity contribution in [2.45, 2.75) is 32.6 Å². The number of aryl methyl sites for hydroxylation is 3. The molecule has 0 bridgehead atoms.